The smallest absolute Gasteiger partial charge is 0.360 e. The van der Waals surface area contributed by atoms with Crippen molar-refractivity contribution in [1.29, 1.82) is 0 Å². The predicted molar refractivity (Wildman–Crippen MR) is 74.0 cm³/mol. The van der Waals surface area contributed by atoms with Gasteiger partial charge in [0.05, 0.1) is 12.1 Å². The number of nitrogens with zero attached hydrogens (tertiary/aromatic N) is 1. The molecule has 4 nitrogen and oxygen atoms in total. The summed E-state index contributed by atoms with van der Waals surface area (Å²) >= 11 is 0. The predicted octanol–water partition coefficient (Wildman–Crippen LogP) is 1.75. The molecule has 7 heteroatoms. The number of carbonyl (C=O) groups is 1. The molecule has 0 spiro atoms. The molecular weight excluding hydrogens is 283 g/mol. The van der Waals surface area contributed by atoms with E-state index in [0.717, 1.165) is 6.07 Å². The highest BCUT2D eigenvalue weighted by Crippen LogP contribution is 2.34. The van der Waals surface area contributed by atoms with E-state index in [0.29, 0.717) is 25.3 Å². The fourth-order valence-electron chi connectivity index (χ4n) is 2.30. The van der Waals surface area contributed by atoms with Crippen LogP contribution >= 0.6 is 0 Å². The molecule has 1 aliphatic rings. The van der Waals surface area contributed by atoms with Crippen molar-refractivity contribution in [2.75, 3.05) is 31.1 Å². The quantitative estimate of drug-likeness (QED) is 0.890. The normalized spacial score (nSPS) is 16.0. The van der Waals surface area contributed by atoms with Gasteiger partial charge in [0.2, 0.25) is 5.91 Å². The molecule has 1 aliphatic heterocycles. The average molecular weight is 301 g/mol. The molecular formula is C14H18F3N3O. The van der Waals surface area contributed by atoms with Gasteiger partial charge < -0.3 is 15.5 Å². The summed E-state index contributed by atoms with van der Waals surface area (Å²) in [6.07, 6.45) is -4.40. The lowest BCUT2D eigenvalue weighted by molar-refractivity contribution is -0.138. The highest BCUT2D eigenvalue weighted by molar-refractivity contribution is 5.82. The van der Waals surface area contributed by atoms with Crippen molar-refractivity contribution in [3.8, 4) is 0 Å². The zero-order valence-corrected chi connectivity index (χ0v) is 11.8. The van der Waals surface area contributed by atoms with Crippen LogP contribution in [0.15, 0.2) is 18.2 Å². The Morgan fingerprint density at radius 2 is 2.14 bits per heavy atom. The molecule has 0 bridgehead atoms. The molecule has 0 unspecified atom stereocenters. The molecule has 0 atom stereocenters. The second-order valence-corrected chi connectivity index (χ2v) is 4.89. The maximum absolute atomic E-state index is 13.2. The first-order valence-electron chi connectivity index (χ1n) is 6.84. The number of rotatable bonds is 4. The Balaban J connectivity index is 2.30. The molecule has 1 saturated heterocycles. The number of hydrogen-bond acceptors (Lipinski definition) is 3. The number of benzene rings is 1. The molecule has 1 aromatic carbocycles. The summed E-state index contributed by atoms with van der Waals surface area (Å²) in [6.45, 7) is 3.66. The third-order valence-electron chi connectivity index (χ3n) is 3.37. The average Bonchev–Trinajstić information content (AvgIpc) is 2.44. The number of anilines is 1. The molecule has 1 aromatic rings. The van der Waals surface area contributed by atoms with Gasteiger partial charge in [-0.05, 0) is 24.2 Å². The minimum atomic E-state index is -4.40. The number of amides is 1. The van der Waals surface area contributed by atoms with Gasteiger partial charge in [0.25, 0.3) is 0 Å². The molecule has 2 rings (SSSR count). The Bertz CT molecular complexity index is 517. The van der Waals surface area contributed by atoms with Crippen LogP contribution in [0.25, 0.3) is 0 Å². The largest absolute Gasteiger partial charge is 0.416 e. The van der Waals surface area contributed by atoms with Crippen LogP contribution in [0.2, 0.25) is 0 Å². The lowest BCUT2D eigenvalue weighted by Gasteiger charge is -2.29. The van der Waals surface area contributed by atoms with Crippen molar-refractivity contribution in [1.82, 2.24) is 10.6 Å². The Morgan fingerprint density at radius 1 is 1.38 bits per heavy atom. The number of carbonyl (C=O) groups excluding carboxylic acids is 1. The van der Waals surface area contributed by atoms with E-state index in [9.17, 15) is 18.0 Å². The van der Waals surface area contributed by atoms with E-state index >= 15 is 0 Å². The SMILES string of the molecule is CCNCc1ccc(N2CCNC(=O)C2)cc1C(F)(F)F. The molecule has 2 N–H and O–H groups in total. The molecule has 0 saturated carbocycles. The van der Waals surface area contributed by atoms with Crippen LogP contribution in [0, 0.1) is 0 Å². The van der Waals surface area contributed by atoms with Gasteiger partial charge in [0, 0.05) is 25.3 Å². The lowest BCUT2D eigenvalue weighted by atomic mass is 10.0. The maximum Gasteiger partial charge on any atom is 0.416 e. The molecule has 21 heavy (non-hydrogen) atoms. The van der Waals surface area contributed by atoms with Gasteiger partial charge in [0.1, 0.15) is 0 Å². The molecule has 0 radical (unpaired) electrons. The molecule has 1 fully saturated rings. The summed E-state index contributed by atoms with van der Waals surface area (Å²) in [7, 11) is 0. The van der Waals surface area contributed by atoms with Gasteiger partial charge in [0.15, 0.2) is 0 Å². The third kappa shape index (κ3) is 3.87. The molecule has 1 heterocycles. The first kappa shape index (κ1) is 15.6. The van der Waals surface area contributed by atoms with Crippen LogP contribution in [0.3, 0.4) is 0 Å². The van der Waals surface area contributed by atoms with Crippen molar-refractivity contribution in [2.24, 2.45) is 0 Å². The summed E-state index contributed by atoms with van der Waals surface area (Å²) in [5.41, 5.74) is -0.00100. The van der Waals surface area contributed by atoms with E-state index < -0.39 is 11.7 Å². The van der Waals surface area contributed by atoms with Gasteiger partial charge in [-0.2, -0.15) is 13.2 Å². The first-order chi connectivity index (χ1) is 9.91. The third-order valence-corrected chi connectivity index (χ3v) is 3.37. The Morgan fingerprint density at radius 3 is 2.76 bits per heavy atom. The zero-order valence-electron chi connectivity index (χ0n) is 11.8. The summed E-state index contributed by atoms with van der Waals surface area (Å²) < 4.78 is 39.5. The van der Waals surface area contributed by atoms with E-state index in [2.05, 4.69) is 10.6 Å². The van der Waals surface area contributed by atoms with Crippen LogP contribution < -0.4 is 15.5 Å². The van der Waals surface area contributed by atoms with Crippen molar-refractivity contribution in [2.45, 2.75) is 19.6 Å². The molecule has 0 aliphatic carbocycles. The molecule has 1 amide bonds. The van der Waals surface area contributed by atoms with Gasteiger partial charge >= 0.3 is 6.18 Å². The Hall–Kier alpha value is -1.76. The number of nitrogens with one attached hydrogen (secondary N) is 2. The maximum atomic E-state index is 13.2. The Kier molecular flexibility index (Phi) is 4.72. The monoisotopic (exact) mass is 301 g/mol. The van der Waals surface area contributed by atoms with Crippen LogP contribution in [0.4, 0.5) is 18.9 Å². The van der Waals surface area contributed by atoms with Crippen molar-refractivity contribution in [3.05, 3.63) is 29.3 Å². The number of alkyl halides is 3. The van der Waals surface area contributed by atoms with Crippen molar-refractivity contribution < 1.29 is 18.0 Å². The summed E-state index contributed by atoms with van der Waals surface area (Å²) in [5.74, 6) is -0.175. The van der Waals surface area contributed by atoms with E-state index in [-0.39, 0.29) is 24.6 Å². The van der Waals surface area contributed by atoms with Gasteiger partial charge in [-0.15, -0.1) is 0 Å². The van der Waals surface area contributed by atoms with E-state index in [1.807, 2.05) is 6.92 Å². The second-order valence-electron chi connectivity index (χ2n) is 4.89. The molecule has 116 valence electrons. The Labute approximate surface area is 121 Å². The lowest BCUT2D eigenvalue weighted by Crippen LogP contribution is -2.47. The summed E-state index contributed by atoms with van der Waals surface area (Å²) in [4.78, 5) is 13.0. The number of piperazine rings is 1. The molecule has 0 aromatic heterocycles. The first-order valence-corrected chi connectivity index (χ1v) is 6.84. The highest BCUT2D eigenvalue weighted by Gasteiger charge is 2.34. The van der Waals surface area contributed by atoms with Gasteiger partial charge in [-0.1, -0.05) is 13.0 Å². The topological polar surface area (TPSA) is 44.4 Å². The second kappa shape index (κ2) is 6.34. The van der Waals surface area contributed by atoms with E-state index in [1.54, 1.807) is 11.0 Å². The fourth-order valence-corrected chi connectivity index (χ4v) is 2.30. The minimum Gasteiger partial charge on any atom is -0.360 e. The van der Waals surface area contributed by atoms with Crippen LogP contribution in [-0.4, -0.2) is 32.1 Å². The highest BCUT2D eigenvalue weighted by atomic mass is 19.4. The van der Waals surface area contributed by atoms with Crippen molar-refractivity contribution in [3.63, 3.8) is 0 Å². The van der Waals surface area contributed by atoms with Crippen LogP contribution in [0.1, 0.15) is 18.1 Å². The minimum absolute atomic E-state index is 0.0872. The van der Waals surface area contributed by atoms with Crippen LogP contribution in [0.5, 0.6) is 0 Å². The summed E-state index contributed by atoms with van der Waals surface area (Å²) in [6, 6.07) is 4.25. The number of hydrogen-bond donors (Lipinski definition) is 2. The van der Waals surface area contributed by atoms with E-state index in [1.165, 1.54) is 6.07 Å². The fraction of sp³-hybridized carbons (Fsp3) is 0.500. The number of halogens is 3. The standard InChI is InChI=1S/C14H18F3N3O/c1-2-18-8-10-3-4-11(7-12(10)14(15,16)17)20-6-5-19-13(21)9-20/h3-4,7,18H,2,5-6,8-9H2,1H3,(H,19,21). The summed E-state index contributed by atoms with van der Waals surface area (Å²) in [5, 5.41) is 5.56. The zero-order chi connectivity index (χ0) is 15.5. The van der Waals surface area contributed by atoms with E-state index in [4.69, 9.17) is 0 Å². The van der Waals surface area contributed by atoms with Gasteiger partial charge in [-0.3, -0.25) is 4.79 Å². The van der Waals surface area contributed by atoms with Gasteiger partial charge in [-0.25, -0.2) is 0 Å². The van der Waals surface area contributed by atoms with Crippen LogP contribution in [-0.2, 0) is 17.5 Å². The van der Waals surface area contributed by atoms with Crippen molar-refractivity contribution >= 4 is 11.6 Å².